The summed E-state index contributed by atoms with van der Waals surface area (Å²) in [7, 11) is 0. The van der Waals surface area contributed by atoms with Gasteiger partial charge in [0.2, 0.25) is 5.60 Å². The first-order chi connectivity index (χ1) is 11.6. The fraction of sp³-hybridized carbons (Fsp3) is 0.105. The third-order valence-electron chi connectivity index (χ3n) is 4.40. The Labute approximate surface area is 138 Å². The lowest BCUT2D eigenvalue weighted by Gasteiger charge is -2.39. The molecule has 0 aromatic heterocycles. The Morgan fingerprint density at radius 1 is 0.917 bits per heavy atom. The van der Waals surface area contributed by atoms with Gasteiger partial charge in [0.15, 0.2) is 0 Å². The van der Waals surface area contributed by atoms with Gasteiger partial charge in [0.25, 0.3) is 11.8 Å². The largest absolute Gasteiger partial charge is 0.436 e. The summed E-state index contributed by atoms with van der Waals surface area (Å²) >= 11 is 0. The molecule has 2 amide bonds. The standard InChI is InChI=1S/C19H13NO4/c1-12-11-16(21)24-19(12)15-10-6-5-9-14(15)17(22)20(18(19)23)13-7-3-2-4-8-13/h2-11H,1H3. The molecule has 1 unspecified atom stereocenters. The number of fused-ring (bicyclic) bond motifs is 2. The molecule has 0 saturated carbocycles. The second-order valence-electron chi connectivity index (χ2n) is 5.76. The first kappa shape index (κ1) is 14.4. The molecule has 0 aliphatic carbocycles. The minimum Gasteiger partial charge on any atom is -0.436 e. The molecule has 1 spiro atoms. The Morgan fingerprint density at radius 2 is 1.58 bits per heavy atom. The quantitative estimate of drug-likeness (QED) is 0.598. The van der Waals surface area contributed by atoms with Crippen molar-refractivity contribution in [3.05, 3.63) is 77.4 Å². The third-order valence-corrected chi connectivity index (χ3v) is 4.40. The van der Waals surface area contributed by atoms with Gasteiger partial charge in [-0.05, 0) is 30.7 Å². The van der Waals surface area contributed by atoms with Gasteiger partial charge < -0.3 is 4.74 Å². The normalized spacial score (nSPS) is 22.5. The van der Waals surface area contributed by atoms with Crippen LogP contribution in [0.4, 0.5) is 5.69 Å². The van der Waals surface area contributed by atoms with Gasteiger partial charge in [-0.15, -0.1) is 0 Å². The zero-order valence-electron chi connectivity index (χ0n) is 12.9. The summed E-state index contributed by atoms with van der Waals surface area (Å²) < 4.78 is 5.47. The first-order valence-corrected chi connectivity index (χ1v) is 7.51. The van der Waals surface area contributed by atoms with E-state index in [1.165, 1.54) is 6.08 Å². The van der Waals surface area contributed by atoms with Crippen LogP contribution in [0.15, 0.2) is 66.2 Å². The lowest BCUT2D eigenvalue weighted by molar-refractivity contribution is -0.156. The second kappa shape index (κ2) is 4.89. The van der Waals surface area contributed by atoms with E-state index in [1.807, 2.05) is 0 Å². The molecule has 0 bridgehead atoms. The summed E-state index contributed by atoms with van der Waals surface area (Å²) in [6.07, 6.45) is 1.30. The number of nitrogens with zero attached hydrogens (tertiary/aromatic N) is 1. The van der Waals surface area contributed by atoms with Crippen molar-refractivity contribution in [2.45, 2.75) is 12.5 Å². The van der Waals surface area contributed by atoms with Gasteiger partial charge in [-0.3, -0.25) is 9.59 Å². The van der Waals surface area contributed by atoms with E-state index in [1.54, 1.807) is 61.5 Å². The van der Waals surface area contributed by atoms with Crippen LogP contribution in [0.5, 0.6) is 0 Å². The van der Waals surface area contributed by atoms with Gasteiger partial charge in [-0.1, -0.05) is 36.4 Å². The van der Waals surface area contributed by atoms with Crippen molar-refractivity contribution in [1.82, 2.24) is 0 Å². The molecule has 2 aliphatic rings. The van der Waals surface area contributed by atoms with E-state index >= 15 is 0 Å². The highest BCUT2D eigenvalue weighted by molar-refractivity contribution is 6.28. The van der Waals surface area contributed by atoms with E-state index in [4.69, 9.17) is 4.74 Å². The molecule has 0 fully saturated rings. The predicted octanol–water partition coefficient (Wildman–Crippen LogP) is 2.57. The van der Waals surface area contributed by atoms with Gasteiger partial charge in [0.1, 0.15) is 0 Å². The number of ether oxygens (including phenoxy) is 1. The van der Waals surface area contributed by atoms with Crippen molar-refractivity contribution < 1.29 is 19.1 Å². The fourth-order valence-corrected chi connectivity index (χ4v) is 3.29. The number of carbonyl (C=O) groups is 3. The van der Waals surface area contributed by atoms with Gasteiger partial charge in [0, 0.05) is 17.2 Å². The molecule has 0 N–H and O–H groups in total. The highest BCUT2D eigenvalue weighted by atomic mass is 16.6. The minimum absolute atomic E-state index is 0.350. The molecule has 5 heteroatoms. The van der Waals surface area contributed by atoms with Crippen molar-refractivity contribution in [2.75, 3.05) is 4.90 Å². The summed E-state index contributed by atoms with van der Waals surface area (Å²) in [4.78, 5) is 39.1. The van der Waals surface area contributed by atoms with E-state index in [0.717, 1.165) is 4.90 Å². The van der Waals surface area contributed by atoms with Crippen molar-refractivity contribution >= 4 is 23.5 Å². The number of para-hydroxylation sites is 1. The Hall–Kier alpha value is -3.21. The van der Waals surface area contributed by atoms with Crippen LogP contribution >= 0.6 is 0 Å². The number of hydrogen-bond acceptors (Lipinski definition) is 4. The van der Waals surface area contributed by atoms with E-state index in [9.17, 15) is 14.4 Å². The molecule has 1 atom stereocenters. The fourth-order valence-electron chi connectivity index (χ4n) is 3.29. The van der Waals surface area contributed by atoms with Crippen molar-refractivity contribution in [3.63, 3.8) is 0 Å². The SMILES string of the molecule is CC1=CC(=O)OC12C(=O)N(c1ccccc1)C(=O)c1ccccc12. The van der Waals surface area contributed by atoms with Crippen LogP contribution in [0.25, 0.3) is 0 Å². The van der Waals surface area contributed by atoms with Crippen molar-refractivity contribution in [1.29, 1.82) is 0 Å². The molecule has 5 nitrogen and oxygen atoms in total. The zero-order valence-corrected chi connectivity index (χ0v) is 12.9. The molecule has 2 aromatic rings. The molecule has 4 rings (SSSR count). The van der Waals surface area contributed by atoms with E-state index in [0.29, 0.717) is 22.4 Å². The number of anilines is 1. The molecule has 0 saturated heterocycles. The number of esters is 1. The highest BCUT2D eigenvalue weighted by Crippen LogP contribution is 2.45. The number of hydrogen-bond donors (Lipinski definition) is 0. The lowest BCUT2D eigenvalue weighted by atomic mass is 9.80. The summed E-state index contributed by atoms with van der Waals surface area (Å²) in [5.41, 5.74) is 0.0999. The first-order valence-electron chi connectivity index (χ1n) is 7.51. The van der Waals surface area contributed by atoms with Crippen LogP contribution in [-0.4, -0.2) is 17.8 Å². The Morgan fingerprint density at radius 3 is 2.25 bits per heavy atom. The molecular formula is C19H13NO4. The summed E-state index contributed by atoms with van der Waals surface area (Å²) in [5, 5.41) is 0. The molecule has 2 aromatic carbocycles. The summed E-state index contributed by atoms with van der Waals surface area (Å²) in [6, 6.07) is 15.4. The second-order valence-corrected chi connectivity index (χ2v) is 5.76. The van der Waals surface area contributed by atoms with Crippen LogP contribution in [0.2, 0.25) is 0 Å². The smallest absolute Gasteiger partial charge is 0.332 e. The number of amides is 2. The Bertz CT molecular complexity index is 916. The molecule has 2 aliphatic heterocycles. The number of carbonyl (C=O) groups excluding carboxylic acids is 3. The molecule has 2 heterocycles. The Balaban J connectivity index is 2.00. The monoisotopic (exact) mass is 319 g/mol. The van der Waals surface area contributed by atoms with E-state index in [-0.39, 0.29) is 0 Å². The van der Waals surface area contributed by atoms with Crippen LogP contribution in [0.1, 0.15) is 22.8 Å². The third kappa shape index (κ3) is 1.72. The van der Waals surface area contributed by atoms with Gasteiger partial charge in [0.05, 0.1) is 5.69 Å². The van der Waals surface area contributed by atoms with Crippen LogP contribution in [0, 0.1) is 0 Å². The van der Waals surface area contributed by atoms with Crippen LogP contribution < -0.4 is 4.90 Å². The summed E-state index contributed by atoms with van der Waals surface area (Å²) in [6.45, 7) is 1.67. The highest BCUT2D eigenvalue weighted by Gasteiger charge is 2.57. The van der Waals surface area contributed by atoms with Crippen LogP contribution in [0.3, 0.4) is 0 Å². The van der Waals surface area contributed by atoms with Gasteiger partial charge in [-0.25, -0.2) is 9.69 Å². The average Bonchev–Trinajstić information content (AvgIpc) is 2.90. The zero-order chi connectivity index (χ0) is 16.9. The maximum atomic E-state index is 13.3. The number of imide groups is 1. The van der Waals surface area contributed by atoms with Crippen molar-refractivity contribution in [2.24, 2.45) is 0 Å². The van der Waals surface area contributed by atoms with Crippen molar-refractivity contribution in [3.8, 4) is 0 Å². The molecule has 118 valence electrons. The number of benzene rings is 2. The number of rotatable bonds is 1. The average molecular weight is 319 g/mol. The topological polar surface area (TPSA) is 63.7 Å². The maximum Gasteiger partial charge on any atom is 0.332 e. The maximum absolute atomic E-state index is 13.3. The Kier molecular flexibility index (Phi) is 2.93. The molecule has 0 radical (unpaired) electrons. The molecular weight excluding hydrogens is 306 g/mol. The van der Waals surface area contributed by atoms with E-state index in [2.05, 4.69) is 0 Å². The van der Waals surface area contributed by atoms with Gasteiger partial charge >= 0.3 is 5.97 Å². The van der Waals surface area contributed by atoms with Gasteiger partial charge in [-0.2, -0.15) is 0 Å². The summed E-state index contributed by atoms with van der Waals surface area (Å²) in [5.74, 6) is -1.59. The van der Waals surface area contributed by atoms with Crippen LogP contribution in [-0.2, 0) is 19.9 Å². The molecule has 24 heavy (non-hydrogen) atoms. The van der Waals surface area contributed by atoms with E-state index < -0.39 is 23.4 Å². The minimum atomic E-state index is -1.57. The predicted molar refractivity (Wildman–Crippen MR) is 86.2 cm³/mol. The lowest BCUT2D eigenvalue weighted by Crippen LogP contribution is -2.55.